The molecule has 1 aliphatic rings. The monoisotopic (exact) mass is 463 g/mol. The quantitative estimate of drug-likeness (QED) is 0.164. The lowest BCUT2D eigenvalue weighted by Crippen LogP contribution is -2.30. The molecule has 0 bridgehead atoms. The average molecular weight is 463 g/mol. The number of rotatable bonds is 5. The van der Waals surface area contributed by atoms with E-state index in [0.29, 0.717) is 0 Å². The number of nitrogens with zero attached hydrogens (tertiary/aromatic N) is 4. The van der Waals surface area contributed by atoms with Crippen LogP contribution in [0.3, 0.4) is 0 Å². The van der Waals surface area contributed by atoms with E-state index in [1.54, 1.807) is 24.3 Å². The highest BCUT2D eigenvalue weighted by atomic mass is 32.3. The van der Waals surface area contributed by atoms with E-state index in [0.717, 1.165) is 28.4 Å². The fourth-order valence-electron chi connectivity index (χ4n) is 3.37. The zero-order valence-corrected chi connectivity index (χ0v) is 19.0. The van der Waals surface area contributed by atoms with Crippen molar-refractivity contribution >= 4 is 39.4 Å². The van der Waals surface area contributed by atoms with Gasteiger partial charge in [0, 0.05) is 41.2 Å². The first-order valence-electron chi connectivity index (χ1n) is 9.24. The Morgan fingerprint density at radius 1 is 1.16 bits per heavy atom. The number of non-ortho nitro benzene ring substituents is 1. The molecule has 32 heavy (non-hydrogen) atoms. The van der Waals surface area contributed by atoms with Crippen molar-refractivity contribution in [2.24, 2.45) is 5.10 Å². The van der Waals surface area contributed by atoms with Crippen LogP contribution in [-0.2, 0) is 15.8 Å². The van der Waals surface area contributed by atoms with Crippen LogP contribution in [0.4, 0.5) is 17.1 Å². The molecule has 0 saturated heterocycles. The van der Waals surface area contributed by atoms with Crippen molar-refractivity contribution in [3.63, 3.8) is 0 Å². The molecule has 172 valence electrons. The molecule has 3 rings (SSSR count). The Morgan fingerprint density at radius 3 is 2.22 bits per heavy atom. The van der Waals surface area contributed by atoms with Crippen molar-refractivity contribution in [3.8, 4) is 5.75 Å². The highest BCUT2D eigenvalue weighted by Gasteiger charge is 2.44. The summed E-state index contributed by atoms with van der Waals surface area (Å²) in [7, 11) is 0.292. The molecular weight excluding hydrogens is 440 g/mol. The van der Waals surface area contributed by atoms with Crippen molar-refractivity contribution in [1.82, 2.24) is 0 Å². The van der Waals surface area contributed by atoms with Crippen LogP contribution in [0.5, 0.6) is 5.75 Å². The number of nitro groups is 1. The van der Waals surface area contributed by atoms with Gasteiger partial charge in [-0.3, -0.25) is 23.5 Å². The number of hydrogen-bond acceptors (Lipinski definition) is 9. The maximum atomic E-state index is 11.1. The smallest absolute Gasteiger partial charge is 0.270 e. The topological polar surface area (TPSA) is 151 Å². The zero-order chi connectivity index (χ0) is 24.3. The number of benzene rings is 2. The summed E-state index contributed by atoms with van der Waals surface area (Å²) in [6.07, 6.45) is 1.82. The van der Waals surface area contributed by atoms with Crippen LogP contribution < -0.4 is 9.75 Å². The molecule has 0 aliphatic carbocycles. The van der Waals surface area contributed by atoms with Crippen LogP contribution >= 0.6 is 0 Å². The van der Waals surface area contributed by atoms with Crippen LogP contribution in [0.25, 0.3) is 0 Å². The Bertz CT molecular complexity index is 1160. The summed E-state index contributed by atoms with van der Waals surface area (Å²) in [6.45, 7) is 4.10. The molecular formula is C20H23N4O7S-. The second-order valence-corrected chi connectivity index (χ2v) is 8.22. The van der Waals surface area contributed by atoms with E-state index >= 15 is 0 Å². The maximum absolute atomic E-state index is 11.1. The van der Waals surface area contributed by atoms with Crippen molar-refractivity contribution in [1.29, 1.82) is 0 Å². The standard InChI is InChI=1S/C20H23N4O3.H2O4S/c1-20(2)17-12-15(24(25)26)8-11-18(17)22(3)19(20)13-21-23(4)14-6-9-16(27-5)10-7-14;1-5(2,3)4/h6-13H,1-5H3;(H2,1,2,3,4)/q+1;/p-2. The number of methoxy groups -OCH3 is 1. The Balaban J connectivity index is 0.000000654. The third kappa shape index (κ3) is 5.87. The number of fused-ring (bicyclic) bond motifs is 1. The van der Waals surface area contributed by atoms with E-state index in [1.807, 2.05) is 63.0 Å². The van der Waals surface area contributed by atoms with Gasteiger partial charge in [-0.1, -0.05) is 0 Å². The first-order chi connectivity index (χ1) is 14.8. The van der Waals surface area contributed by atoms with Gasteiger partial charge >= 0.3 is 0 Å². The molecule has 2 aromatic rings. The molecule has 0 unspecified atom stereocenters. The molecule has 0 aromatic heterocycles. The number of hydrogen-bond donors (Lipinski definition) is 0. The van der Waals surface area contributed by atoms with Gasteiger partial charge in [0.05, 0.1) is 23.1 Å². The number of hydrazone groups is 1. The number of anilines is 1. The summed E-state index contributed by atoms with van der Waals surface area (Å²) in [6, 6.07) is 12.6. The zero-order valence-electron chi connectivity index (χ0n) is 18.2. The van der Waals surface area contributed by atoms with Gasteiger partial charge in [0.25, 0.3) is 5.69 Å². The second-order valence-electron chi connectivity index (χ2n) is 7.40. The van der Waals surface area contributed by atoms with Crippen LogP contribution in [0.1, 0.15) is 19.4 Å². The number of ether oxygens (including phenoxy) is 1. The molecule has 0 amide bonds. The third-order valence-corrected chi connectivity index (χ3v) is 5.03. The lowest BCUT2D eigenvalue weighted by atomic mass is 9.82. The normalized spacial score (nSPS) is 14.6. The largest absolute Gasteiger partial charge is 0.759 e. The SMILES string of the molecule is COc1ccc(N(C)N=CC2=[N+](C)c3ccc([N+](=O)[O-])cc3C2(C)C)cc1.O=S(=O)([O-])[O-]. The Hall–Kier alpha value is -3.35. The Morgan fingerprint density at radius 2 is 1.72 bits per heavy atom. The van der Waals surface area contributed by atoms with Crippen LogP contribution in [0, 0.1) is 10.1 Å². The highest BCUT2D eigenvalue weighted by molar-refractivity contribution is 7.79. The minimum Gasteiger partial charge on any atom is -0.759 e. The van der Waals surface area contributed by atoms with Gasteiger partial charge in [-0.2, -0.15) is 9.68 Å². The van der Waals surface area contributed by atoms with Crippen molar-refractivity contribution < 1.29 is 31.8 Å². The van der Waals surface area contributed by atoms with Crippen LogP contribution in [0.2, 0.25) is 0 Å². The molecule has 0 radical (unpaired) electrons. The summed E-state index contributed by atoms with van der Waals surface area (Å²) in [5.74, 6) is 0.791. The van der Waals surface area contributed by atoms with E-state index in [1.165, 1.54) is 6.07 Å². The summed E-state index contributed by atoms with van der Waals surface area (Å²) in [4.78, 5) is 10.8. The minimum absolute atomic E-state index is 0.101. The van der Waals surface area contributed by atoms with Crippen molar-refractivity contribution in [2.45, 2.75) is 19.3 Å². The Labute approximate surface area is 186 Å². The van der Waals surface area contributed by atoms with E-state index in [4.69, 9.17) is 22.3 Å². The molecule has 11 nitrogen and oxygen atoms in total. The molecule has 1 aliphatic heterocycles. The van der Waals surface area contributed by atoms with Crippen molar-refractivity contribution in [2.75, 3.05) is 26.2 Å². The van der Waals surface area contributed by atoms with Gasteiger partial charge in [-0.15, -0.1) is 0 Å². The van der Waals surface area contributed by atoms with Gasteiger partial charge in [0.1, 0.15) is 19.0 Å². The predicted molar refractivity (Wildman–Crippen MR) is 117 cm³/mol. The molecule has 2 aromatic carbocycles. The van der Waals surface area contributed by atoms with Crippen LogP contribution in [0.15, 0.2) is 47.6 Å². The molecule has 12 heteroatoms. The summed E-state index contributed by atoms with van der Waals surface area (Å²) in [5, 5.41) is 17.5. The van der Waals surface area contributed by atoms with E-state index in [-0.39, 0.29) is 16.0 Å². The molecule has 0 fully saturated rings. The molecule has 1 heterocycles. The Kier molecular flexibility index (Phi) is 7.34. The van der Waals surface area contributed by atoms with Gasteiger partial charge in [0.15, 0.2) is 0 Å². The van der Waals surface area contributed by atoms with E-state index < -0.39 is 10.4 Å². The minimum atomic E-state index is -5.17. The maximum Gasteiger partial charge on any atom is 0.270 e. The fraction of sp³-hybridized carbons (Fsp3) is 0.300. The third-order valence-electron chi connectivity index (χ3n) is 5.03. The summed E-state index contributed by atoms with van der Waals surface area (Å²) in [5.41, 5.74) is 3.49. The van der Waals surface area contributed by atoms with E-state index in [2.05, 4.69) is 5.10 Å². The van der Waals surface area contributed by atoms with Gasteiger partial charge < -0.3 is 13.8 Å². The fourth-order valence-corrected chi connectivity index (χ4v) is 3.37. The first-order valence-corrected chi connectivity index (χ1v) is 10.6. The summed E-state index contributed by atoms with van der Waals surface area (Å²) < 4.78 is 41.3. The molecule has 0 spiro atoms. The van der Waals surface area contributed by atoms with Gasteiger partial charge in [-0.25, -0.2) is 0 Å². The van der Waals surface area contributed by atoms with E-state index in [9.17, 15) is 10.1 Å². The first kappa shape index (κ1) is 24.9. The molecule has 0 atom stereocenters. The lowest BCUT2D eigenvalue weighted by molar-refractivity contribution is -0.401. The van der Waals surface area contributed by atoms with Crippen molar-refractivity contribution in [3.05, 3.63) is 58.1 Å². The summed E-state index contributed by atoms with van der Waals surface area (Å²) >= 11 is 0. The van der Waals surface area contributed by atoms with Gasteiger partial charge in [0.2, 0.25) is 11.4 Å². The van der Waals surface area contributed by atoms with Gasteiger partial charge in [-0.05, 0) is 38.1 Å². The lowest BCUT2D eigenvalue weighted by Gasteiger charge is -2.16. The predicted octanol–water partition coefficient (Wildman–Crippen LogP) is 2.39. The molecule has 0 N–H and O–H groups in total. The molecule has 0 saturated carbocycles. The number of nitro benzene ring substituents is 1. The average Bonchev–Trinajstić information content (AvgIpc) is 2.90. The van der Waals surface area contributed by atoms with Crippen LogP contribution in [-0.4, -0.2) is 60.2 Å². The second kappa shape index (κ2) is 9.42. The highest BCUT2D eigenvalue weighted by Crippen LogP contribution is 2.40.